The number of hydrogen-bond donors (Lipinski definition) is 2. The summed E-state index contributed by atoms with van der Waals surface area (Å²) in [6.07, 6.45) is 0. The molecule has 1 aromatic heterocycles. The topological polar surface area (TPSA) is 74.7 Å². The van der Waals surface area contributed by atoms with E-state index in [0.717, 1.165) is 0 Å². The molecule has 1 heterocycles. The first-order valence-corrected chi connectivity index (χ1v) is 6.01. The largest absolute Gasteiger partial charge is 0.409 e. The first-order valence-electron chi connectivity index (χ1n) is 6.01. The highest BCUT2D eigenvalue weighted by molar-refractivity contribution is 5.95. The number of oxime groups is 1. The third-order valence-corrected chi connectivity index (χ3v) is 2.86. The number of aromatic nitrogens is 1. The first-order chi connectivity index (χ1) is 9.61. The number of hydrogen-bond acceptors (Lipinski definition) is 4. The molecule has 2 rings (SSSR count). The predicted molar refractivity (Wildman–Crippen MR) is 75.3 cm³/mol. The van der Waals surface area contributed by atoms with E-state index in [4.69, 9.17) is 10.9 Å². The molecular formula is C14H15FN4O. The highest BCUT2D eigenvalue weighted by atomic mass is 19.1. The molecule has 0 fully saturated rings. The lowest BCUT2D eigenvalue weighted by molar-refractivity contribution is 0.318. The minimum Gasteiger partial charge on any atom is -0.409 e. The summed E-state index contributed by atoms with van der Waals surface area (Å²) in [6, 6.07) is 11.7. The van der Waals surface area contributed by atoms with Gasteiger partial charge in [0, 0.05) is 19.2 Å². The summed E-state index contributed by atoms with van der Waals surface area (Å²) in [5.74, 6) is 0.287. The summed E-state index contributed by atoms with van der Waals surface area (Å²) < 4.78 is 13.6. The van der Waals surface area contributed by atoms with Gasteiger partial charge in [0.1, 0.15) is 17.3 Å². The molecule has 3 N–H and O–H groups in total. The van der Waals surface area contributed by atoms with Gasteiger partial charge in [-0.25, -0.2) is 9.37 Å². The third-order valence-electron chi connectivity index (χ3n) is 2.86. The lowest BCUT2D eigenvalue weighted by atomic mass is 10.2. The van der Waals surface area contributed by atoms with Crippen LogP contribution in [0.15, 0.2) is 47.6 Å². The van der Waals surface area contributed by atoms with E-state index in [-0.39, 0.29) is 11.7 Å². The number of anilines is 1. The molecule has 0 radical (unpaired) electrons. The Bertz CT molecular complexity index is 630. The summed E-state index contributed by atoms with van der Waals surface area (Å²) in [4.78, 5) is 6.04. The van der Waals surface area contributed by atoms with Gasteiger partial charge in [-0.15, -0.1) is 0 Å². The van der Waals surface area contributed by atoms with Gasteiger partial charge in [0.25, 0.3) is 0 Å². The average Bonchev–Trinajstić information content (AvgIpc) is 2.49. The van der Waals surface area contributed by atoms with Crippen molar-refractivity contribution in [2.24, 2.45) is 10.9 Å². The van der Waals surface area contributed by atoms with Crippen LogP contribution in [-0.4, -0.2) is 23.1 Å². The van der Waals surface area contributed by atoms with E-state index in [2.05, 4.69) is 10.1 Å². The van der Waals surface area contributed by atoms with E-state index in [1.165, 1.54) is 6.07 Å². The van der Waals surface area contributed by atoms with Gasteiger partial charge in [0.15, 0.2) is 5.84 Å². The Morgan fingerprint density at radius 1 is 1.30 bits per heavy atom. The van der Waals surface area contributed by atoms with Crippen LogP contribution in [0.5, 0.6) is 0 Å². The van der Waals surface area contributed by atoms with Crippen LogP contribution >= 0.6 is 0 Å². The summed E-state index contributed by atoms with van der Waals surface area (Å²) in [5, 5.41) is 11.6. The van der Waals surface area contributed by atoms with Crippen molar-refractivity contribution >= 4 is 11.7 Å². The number of pyridine rings is 1. The predicted octanol–water partition coefficient (Wildman–Crippen LogP) is 1.95. The lowest BCUT2D eigenvalue weighted by Crippen LogP contribution is -2.21. The fourth-order valence-electron chi connectivity index (χ4n) is 1.79. The van der Waals surface area contributed by atoms with Crippen LogP contribution in [0.1, 0.15) is 11.3 Å². The zero-order valence-electron chi connectivity index (χ0n) is 11.0. The van der Waals surface area contributed by atoms with Crippen molar-refractivity contribution in [3.8, 4) is 0 Å². The molecule has 0 unspecified atom stereocenters. The highest BCUT2D eigenvalue weighted by Gasteiger charge is 2.09. The molecule has 104 valence electrons. The second-order valence-corrected chi connectivity index (χ2v) is 4.31. The first kappa shape index (κ1) is 13.8. The smallest absolute Gasteiger partial charge is 0.188 e. The molecule has 20 heavy (non-hydrogen) atoms. The Balaban J connectivity index is 2.21. The minimum atomic E-state index is -0.257. The van der Waals surface area contributed by atoms with E-state index in [9.17, 15) is 4.39 Å². The zero-order valence-corrected chi connectivity index (χ0v) is 11.0. The molecule has 6 heteroatoms. The molecule has 5 nitrogen and oxygen atoms in total. The van der Waals surface area contributed by atoms with E-state index in [0.29, 0.717) is 23.6 Å². The molecule has 0 saturated carbocycles. The molecular weight excluding hydrogens is 259 g/mol. The fourth-order valence-corrected chi connectivity index (χ4v) is 1.79. The van der Waals surface area contributed by atoms with Gasteiger partial charge in [0.2, 0.25) is 0 Å². The van der Waals surface area contributed by atoms with Crippen LogP contribution in [0.4, 0.5) is 10.2 Å². The van der Waals surface area contributed by atoms with E-state index in [1.54, 1.807) is 48.3 Å². The standard InChI is InChI=1S/C14H15FN4O/c1-19(9-10-5-2-3-6-11(10)15)13-8-4-7-12(17-13)14(16)18-20/h2-8,20H,9H2,1H3,(H2,16,18). The minimum absolute atomic E-state index is 0.0638. The van der Waals surface area contributed by atoms with Gasteiger partial charge >= 0.3 is 0 Å². The summed E-state index contributed by atoms with van der Waals surface area (Å²) in [6.45, 7) is 0.374. The molecule has 1 aromatic carbocycles. The molecule has 0 spiro atoms. The van der Waals surface area contributed by atoms with Gasteiger partial charge in [0.05, 0.1) is 0 Å². The zero-order chi connectivity index (χ0) is 14.5. The molecule has 0 aliphatic rings. The monoisotopic (exact) mass is 274 g/mol. The van der Waals surface area contributed by atoms with Gasteiger partial charge in [-0.05, 0) is 18.2 Å². The summed E-state index contributed by atoms with van der Waals surface area (Å²) in [7, 11) is 1.80. The Hall–Kier alpha value is -2.63. The normalized spacial score (nSPS) is 11.4. The average molecular weight is 274 g/mol. The third kappa shape index (κ3) is 3.03. The van der Waals surface area contributed by atoms with E-state index < -0.39 is 0 Å². The van der Waals surface area contributed by atoms with Crippen molar-refractivity contribution in [2.45, 2.75) is 6.54 Å². The van der Waals surface area contributed by atoms with Crippen LogP contribution in [-0.2, 0) is 6.54 Å². The number of benzene rings is 1. The van der Waals surface area contributed by atoms with Crippen molar-refractivity contribution in [1.82, 2.24) is 4.98 Å². The molecule has 0 atom stereocenters. The van der Waals surface area contributed by atoms with Crippen LogP contribution in [0.3, 0.4) is 0 Å². The summed E-state index contributed by atoms with van der Waals surface area (Å²) in [5.41, 5.74) is 6.44. The number of rotatable bonds is 4. The summed E-state index contributed by atoms with van der Waals surface area (Å²) >= 11 is 0. The Labute approximate surface area is 116 Å². The second-order valence-electron chi connectivity index (χ2n) is 4.31. The maximum absolute atomic E-state index is 13.6. The molecule has 0 aliphatic carbocycles. The number of nitrogens with two attached hydrogens (primary N) is 1. The number of nitrogens with zero attached hydrogens (tertiary/aromatic N) is 3. The number of halogens is 1. The Kier molecular flexibility index (Phi) is 4.14. The van der Waals surface area contributed by atoms with E-state index in [1.807, 2.05) is 0 Å². The molecule has 0 bridgehead atoms. The van der Waals surface area contributed by atoms with Crippen LogP contribution in [0.2, 0.25) is 0 Å². The van der Waals surface area contributed by atoms with Gasteiger partial charge in [-0.1, -0.05) is 29.4 Å². The molecule has 0 saturated heterocycles. The maximum atomic E-state index is 13.6. The highest BCUT2D eigenvalue weighted by Crippen LogP contribution is 2.15. The lowest BCUT2D eigenvalue weighted by Gasteiger charge is -2.19. The van der Waals surface area contributed by atoms with Gasteiger partial charge < -0.3 is 15.8 Å². The molecule has 0 aliphatic heterocycles. The molecule has 2 aromatic rings. The fraction of sp³-hybridized carbons (Fsp3) is 0.143. The number of amidine groups is 1. The SMILES string of the molecule is CN(Cc1ccccc1F)c1cccc(C(N)=NO)n1. The van der Waals surface area contributed by atoms with Crippen LogP contribution in [0, 0.1) is 5.82 Å². The Morgan fingerprint density at radius 2 is 2.05 bits per heavy atom. The van der Waals surface area contributed by atoms with E-state index >= 15 is 0 Å². The van der Waals surface area contributed by atoms with Crippen molar-refractivity contribution in [3.63, 3.8) is 0 Å². The van der Waals surface area contributed by atoms with Crippen molar-refractivity contribution in [1.29, 1.82) is 0 Å². The van der Waals surface area contributed by atoms with Gasteiger partial charge in [-0.3, -0.25) is 0 Å². The van der Waals surface area contributed by atoms with Crippen molar-refractivity contribution in [3.05, 3.63) is 59.5 Å². The second kappa shape index (κ2) is 6.01. The maximum Gasteiger partial charge on any atom is 0.188 e. The quantitative estimate of drug-likeness (QED) is 0.387. The van der Waals surface area contributed by atoms with Crippen LogP contribution < -0.4 is 10.6 Å². The van der Waals surface area contributed by atoms with Gasteiger partial charge in [-0.2, -0.15) is 0 Å². The van der Waals surface area contributed by atoms with Crippen molar-refractivity contribution < 1.29 is 9.60 Å². The molecule has 0 amide bonds. The van der Waals surface area contributed by atoms with Crippen molar-refractivity contribution in [2.75, 3.05) is 11.9 Å². The Morgan fingerprint density at radius 3 is 2.75 bits per heavy atom. The van der Waals surface area contributed by atoms with Crippen LogP contribution in [0.25, 0.3) is 0 Å².